The van der Waals surface area contributed by atoms with Gasteiger partial charge in [-0.1, -0.05) is 31.2 Å². The second kappa shape index (κ2) is 12.2. The molecular formula is C31H26ClN3O5S. The van der Waals surface area contributed by atoms with Gasteiger partial charge < -0.3 is 15.2 Å². The van der Waals surface area contributed by atoms with Crippen molar-refractivity contribution in [2.45, 2.75) is 14.4 Å². The van der Waals surface area contributed by atoms with E-state index in [1.807, 2.05) is 18.2 Å². The molecule has 1 aliphatic heterocycles. The number of aromatic carboxylic acids is 1. The summed E-state index contributed by atoms with van der Waals surface area (Å²) in [6, 6.07) is 22.1. The number of amides is 2. The Bertz CT molecular complexity index is 1710. The van der Waals surface area contributed by atoms with Crippen molar-refractivity contribution < 1.29 is 24.2 Å². The minimum atomic E-state index is -1.04. The van der Waals surface area contributed by atoms with E-state index in [2.05, 4.69) is 10.4 Å². The molecule has 2 amide bonds. The van der Waals surface area contributed by atoms with Crippen LogP contribution < -0.4 is 15.1 Å². The molecule has 10 heteroatoms. The van der Waals surface area contributed by atoms with Crippen molar-refractivity contribution in [1.82, 2.24) is 0 Å². The van der Waals surface area contributed by atoms with Crippen LogP contribution in [0.15, 0.2) is 89.5 Å². The van der Waals surface area contributed by atoms with Crippen LogP contribution in [-0.2, 0) is 4.79 Å². The normalized spacial score (nSPS) is 13.5. The SMILES string of the molecule is C.COc1cccc(NC(=O)c2cc(-c3ccc(/C=C4\C(=O)N(c5ccc(C(=O)O)cc5)N=C4C)s3)ccc2Cl)c1. The standard InChI is InChI=1S/C30H22ClN3O5S.CH4/c1-17-24(29(36)34(33-17)21-9-6-18(7-10-21)30(37)38)16-23-11-13-27(40-23)19-8-12-26(31)25(14-19)28(35)32-20-4-3-5-22(15-20)39-2;/h3-16H,1-2H3,(H,32,35)(H,37,38);1H4/b24-16-;. The van der Waals surface area contributed by atoms with Gasteiger partial charge in [0.15, 0.2) is 0 Å². The fourth-order valence-corrected chi connectivity index (χ4v) is 5.24. The number of carbonyl (C=O) groups is 3. The third-order valence-corrected chi connectivity index (χ3v) is 7.57. The Kier molecular flexibility index (Phi) is 8.71. The molecule has 0 saturated carbocycles. The molecule has 0 saturated heterocycles. The largest absolute Gasteiger partial charge is 0.497 e. The van der Waals surface area contributed by atoms with Crippen molar-refractivity contribution in [1.29, 1.82) is 0 Å². The molecule has 0 unspecified atom stereocenters. The van der Waals surface area contributed by atoms with E-state index in [9.17, 15) is 14.4 Å². The summed E-state index contributed by atoms with van der Waals surface area (Å²) in [4.78, 5) is 39.0. The summed E-state index contributed by atoms with van der Waals surface area (Å²) >= 11 is 7.82. The van der Waals surface area contributed by atoms with E-state index in [-0.39, 0.29) is 24.8 Å². The van der Waals surface area contributed by atoms with Crippen LogP contribution in [0.3, 0.4) is 0 Å². The summed E-state index contributed by atoms with van der Waals surface area (Å²) in [6.07, 6.45) is 1.77. The van der Waals surface area contributed by atoms with Crippen LogP contribution in [-0.4, -0.2) is 35.7 Å². The number of hydrogen-bond acceptors (Lipinski definition) is 6. The molecule has 0 aliphatic carbocycles. The first kappa shape index (κ1) is 29.3. The molecule has 0 atom stereocenters. The number of halogens is 1. The maximum absolute atomic E-state index is 13.1. The van der Waals surface area contributed by atoms with Crippen LogP contribution in [0, 0.1) is 0 Å². The monoisotopic (exact) mass is 587 g/mol. The van der Waals surface area contributed by atoms with Crippen LogP contribution in [0.25, 0.3) is 16.5 Å². The zero-order valence-electron chi connectivity index (χ0n) is 21.3. The van der Waals surface area contributed by atoms with Crippen LogP contribution in [0.4, 0.5) is 11.4 Å². The highest BCUT2D eigenvalue weighted by molar-refractivity contribution is 7.16. The van der Waals surface area contributed by atoms with Crippen LogP contribution in [0.5, 0.6) is 5.75 Å². The molecule has 2 N–H and O–H groups in total. The summed E-state index contributed by atoms with van der Waals surface area (Å²) in [5.74, 6) is -1.08. The van der Waals surface area contributed by atoms with Gasteiger partial charge in [0, 0.05) is 21.5 Å². The number of anilines is 2. The summed E-state index contributed by atoms with van der Waals surface area (Å²) in [6.45, 7) is 1.75. The Morgan fingerprint density at radius 3 is 2.51 bits per heavy atom. The zero-order valence-corrected chi connectivity index (χ0v) is 22.9. The van der Waals surface area contributed by atoms with Crippen molar-refractivity contribution in [2.75, 3.05) is 17.4 Å². The number of methoxy groups -OCH3 is 1. The van der Waals surface area contributed by atoms with E-state index < -0.39 is 5.97 Å². The van der Waals surface area contributed by atoms with E-state index in [0.717, 1.165) is 15.3 Å². The summed E-state index contributed by atoms with van der Waals surface area (Å²) in [5.41, 5.74) is 3.30. The molecule has 3 aromatic carbocycles. The number of nitrogens with zero attached hydrogens (tertiary/aromatic N) is 2. The summed E-state index contributed by atoms with van der Waals surface area (Å²) in [5, 5.41) is 17.9. The topological polar surface area (TPSA) is 108 Å². The third-order valence-electron chi connectivity index (χ3n) is 6.16. The van der Waals surface area contributed by atoms with Gasteiger partial charge in [0.2, 0.25) is 0 Å². The number of carboxylic acids is 1. The van der Waals surface area contributed by atoms with Gasteiger partial charge in [-0.25, -0.2) is 4.79 Å². The zero-order chi connectivity index (χ0) is 28.4. The van der Waals surface area contributed by atoms with Crippen molar-refractivity contribution in [3.05, 3.63) is 105 Å². The molecule has 0 spiro atoms. The highest BCUT2D eigenvalue weighted by atomic mass is 35.5. The van der Waals surface area contributed by atoms with Gasteiger partial charge in [0.25, 0.3) is 11.8 Å². The van der Waals surface area contributed by atoms with Gasteiger partial charge in [-0.2, -0.15) is 10.1 Å². The van der Waals surface area contributed by atoms with Crippen LogP contribution in [0.2, 0.25) is 5.02 Å². The maximum Gasteiger partial charge on any atom is 0.335 e. The first-order valence-electron chi connectivity index (χ1n) is 12.0. The van der Waals surface area contributed by atoms with Crippen molar-refractivity contribution in [3.8, 4) is 16.2 Å². The molecule has 0 radical (unpaired) electrons. The van der Waals surface area contributed by atoms with Crippen LogP contribution in [0.1, 0.15) is 39.9 Å². The molecule has 1 aromatic heterocycles. The molecule has 0 fully saturated rings. The van der Waals surface area contributed by atoms with Crippen molar-refractivity contribution >= 4 is 63.9 Å². The maximum atomic E-state index is 13.1. The Balaban J connectivity index is 0.00000387. The lowest BCUT2D eigenvalue weighted by Gasteiger charge is -2.11. The number of thiophene rings is 1. The molecule has 41 heavy (non-hydrogen) atoms. The Morgan fingerprint density at radius 2 is 1.80 bits per heavy atom. The van der Waals surface area contributed by atoms with Crippen molar-refractivity contribution in [3.63, 3.8) is 0 Å². The van der Waals surface area contributed by atoms with Gasteiger partial charge in [-0.15, -0.1) is 11.3 Å². The number of benzene rings is 3. The minimum Gasteiger partial charge on any atom is -0.497 e. The molecule has 2 heterocycles. The highest BCUT2D eigenvalue weighted by Gasteiger charge is 2.29. The van der Waals surface area contributed by atoms with E-state index >= 15 is 0 Å². The first-order chi connectivity index (χ1) is 19.2. The fourth-order valence-electron chi connectivity index (χ4n) is 4.08. The molecule has 208 valence electrons. The van der Waals surface area contributed by atoms with Gasteiger partial charge in [0.1, 0.15) is 5.75 Å². The number of carboxylic acid groups (broad SMARTS) is 1. The number of ether oxygens (including phenoxy) is 1. The first-order valence-corrected chi connectivity index (χ1v) is 13.2. The number of hydrazone groups is 1. The number of hydrogen-bond donors (Lipinski definition) is 2. The predicted octanol–water partition coefficient (Wildman–Crippen LogP) is 7.47. The Morgan fingerprint density at radius 1 is 1.05 bits per heavy atom. The predicted molar refractivity (Wildman–Crippen MR) is 164 cm³/mol. The molecule has 1 aliphatic rings. The minimum absolute atomic E-state index is 0. The quantitative estimate of drug-likeness (QED) is 0.218. The van der Waals surface area contributed by atoms with E-state index in [4.69, 9.17) is 21.4 Å². The molecule has 8 nitrogen and oxygen atoms in total. The van der Waals surface area contributed by atoms with Gasteiger partial charge in [-0.05, 0) is 79.2 Å². The van der Waals surface area contributed by atoms with E-state index in [1.165, 1.54) is 28.5 Å². The number of carbonyl (C=O) groups excluding carboxylic acids is 2. The molecular weight excluding hydrogens is 562 g/mol. The average molecular weight is 588 g/mol. The van der Waals surface area contributed by atoms with Gasteiger partial charge >= 0.3 is 5.97 Å². The third kappa shape index (κ3) is 6.21. The lowest BCUT2D eigenvalue weighted by Crippen LogP contribution is -2.21. The molecule has 4 aromatic rings. The van der Waals surface area contributed by atoms with Gasteiger partial charge in [-0.3, -0.25) is 9.59 Å². The second-order valence-electron chi connectivity index (χ2n) is 8.80. The van der Waals surface area contributed by atoms with E-state index in [0.29, 0.717) is 39.0 Å². The lowest BCUT2D eigenvalue weighted by atomic mass is 10.1. The average Bonchev–Trinajstić information content (AvgIpc) is 3.53. The van der Waals surface area contributed by atoms with Crippen LogP contribution >= 0.6 is 22.9 Å². The number of nitrogens with one attached hydrogen (secondary N) is 1. The van der Waals surface area contributed by atoms with Crippen molar-refractivity contribution in [2.24, 2.45) is 5.10 Å². The Hall–Kier alpha value is -4.73. The smallest absolute Gasteiger partial charge is 0.335 e. The highest BCUT2D eigenvalue weighted by Crippen LogP contribution is 2.33. The Labute approximate surface area is 246 Å². The van der Waals surface area contributed by atoms with Gasteiger partial charge in [0.05, 0.1) is 40.2 Å². The number of rotatable bonds is 7. The lowest BCUT2D eigenvalue weighted by molar-refractivity contribution is -0.114. The summed E-state index contributed by atoms with van der Waals surface area (Å²) in [7, 11) is 1.56. The fraction of sp³-hybridized carbons (Fsp3) is 0.0968. The second-order valence-corrected chi connectivity index (χ2v) is 10.3. The molecule has 0 bridgehead atoms. The van der Waals surface area contributed by atoms with E-state index in [1.54, 1.807) is 68.6 Å². The molecule has 5 rings (SSSR count). The summed E-state index contributed by atoms with van der Waals surface area (Å²) < 4.78 is 5.22.